The summed E-state index contributed by atoms with van der Waals surface area (Å²) in [4.78, 5) is 0. The fourth-order valence-electron chi connectivity index (χ4n) is 2.36. The quantitative estimate of drug-likeness (QED) is 0.800. The fraction of sp³-hybridized carbons (Fsp3) is 0.250. The van der Waals surface area contributed by atoms with E-state index in [1.54, 1.807) is 6.07 Å². The van der Waals surface area contributed by atoms with Crippen molar-refractivity contribution in [2.45, 2.75) is 19.9 Å². The van der Waals surface area contributed by atoms with Crippen LogP contribution < -0.4 is 5.32 Å². The molecule has 0 aliphatic rings. The van der Waals surface area contributed by atoms with Crippen molar-refractivity contribution in [2.75, 3.05) is 7.05 Å². The fourth-order valence-corrected chi connectivity index (χ4v) is 3.06. The summed E-state index contributed by atoms with van der Waals surface area (Å²) in [7, 11) is 1.87. The standard InChI is InChI=1S/C16H16BrClFN/c1-9-5-15(18)10(2)4-14(9)16(20-3)11-6-12(17)8-13(19)7-11/h4-8,16,20H,1-3H3. The zero-order chi connectivity index (χ0) is 14.9. The molecule has 0 fully saturated rings. The molecule has 0 aromatic heterocycles. The topological polar surface area (TPSA) is 12.0 Å². The SMILES string of the molecule is CNC(c1cc(F)cc(Br)c1)c1cc(C)c(Cl)cc1C. The first kappa shape index (κ1) is 15.5. The average Bonchev–Trinajstić information content (AvgIpc) is 2.35. The van der Waals surface area contributed by atoms with Gasteiger partial charge < -0.3 is 5.32 Å². The van der Waals surface area contributed by atoms with Gasteiger partial charge in [-0.15, -0.1) is 0 Å². The molecule has 0 aliphatic carbocycles. The molecule has 20 heavy (non-hydrogen) atoms. The van der Waals surface area contributed by atoms with Gasteiger partial charge in [0.1, 0.15) is 5.82 Å². The first-order chi connectivity index (χ1) is 9.42. The van der Waals surface area contributed by atoms with Gasteiger partial charge >= 0.3 is 0 Å². The summed E-state index contributed by atoms with van der Waals surface area (Å²) >= 11 is 9.48. The lowest BCUT2D eigenvalue weighted by Crippen LogP contribution is -2.19. The van der Waals surface area contributed by atoms with Gasteiger partial charge in [-0.25, -0.2) is 4.39 Å². The smallest absolute Gasteiger partial charge is 0.124 e. The normalized spacial score (nSPS) is 12.5. The lowest BCUT2D eigenvalue weighted by molar-refractivity contribution is 0.615. The van der Waals surface area contributed by atoms with E-state index in [9.17, 15) is 4.39 Å². The maximum atomic E-state index is 13.6. The number of rotatable bonds is 3. The van der Waals surface area contributed by atoms with E-state index in [4.69, 9.17) is 11.6 Å². The Morgan fingerprint density at radius 1 is 1.10 bits per heavy atom. The molecule has 2 aromatic carbocycles. The van der Waals surface area contributed by atoms with E-state index in [1.165, 1.54) is 6.07 Å². The number of benzene rings is 2. The average molecular weight is 357 g/mol. The van der Waals surface area contributed by atoms with Crippen LogP contribution in [0.2, 0.25) is 5.02 Å². The van der Waals surface area contributed by atoms with Crippen LogP contribution in [0, 0.1) is 19.7 Å². The highest BCUT2D eigenvalue weighted by Crippen LogP contribution is 2.30. The maximum absolute atomic E-state index is 13.6. The van der Waals surface area contributed by atoms with Crippen LogP contribution in [-0.2, 0) is 0 Å². The highest BCUT2D eigenvalue weighted by Gasteiger charge is 2.17. The number of hydrogen-bond donors (Lipinski definition) is 1. The Labute approximate surface area is 132 Å². The molecule has 0 spiro atoms. The van der Waals surface area contributed by atoms with Crippen LogP contribution in [0.25, 0.3) is 0 Å². The summed E-state index contributed by atoms with van der Waals surface area (Å²) in [6.45, 7) is 3.98. The van der Waals surface area contributed by atoms with Crippen molar-refractivity contribution in [3.8, 4) is 0 Å². The second-order valence-corrected chi connectivity index (χ2v) is 6.21. The molecule has 1 nitrogen and oxygen atoms in total. The van der Waals surface area contributed by atoms with E-state index >= 15 is 0 Å². The minimum Gasteiger partial charge on any atom is -0.309 e. The van der Waals surface area contributed by atoms with Gasteiger partial charge in [0.2, 0.25) is 0 Å². The van der Waals surface area contributed by atoms with Crippen LogP contribution in [0.3, 0.4) is 0 Å². The number of hydrogen-bond acceptors (Lipinski definition) is 1. The molecular formula is C16H16BrClFN. The van der Waals surface area contributed by atoms with Crippen molar-refractivity contribution < 1.29 is 4.39 Å². The lowest BCUT2D eigenvalue weighted by atomic mass is 9.93. The largest absolute Gasteiger partial charge is 0.309 e. The van der Waals surface area contributed by atoms with Crippen LogP contribution in [0.5, 0.6) is 0 Å². The summed E-state index contributed by atoms with van der Waals surface area (Å²) in [6.07, 6.45) is 0. The summed E-state index contributed by atoms with van der Waals surface area (Å²) in [5.74, 6) is -0.252. The van der Waals surface area contributed by atoms with Crippen molar-refractivity contribution >= 4 is 27.5 Å². The molecule has 1 unspecified atom stereocenters. The lowest BCUT2D eigenvalue weighted by Gasteiger charge is -2.21. The third-order valence-electron chi connectivity index (χ3n) is 3.37. The number of halogens is 3. The molecule has 106 valence electrons. The highest BCUT2D eigenvalue weighted by molar-refractivity contribution is 9.10. The van der Waals surface area contributed by atoms with Crippen LogP contribution in [0.4, 0.5) is 4.39 Å². The van der Waals surface area contributed by atoms with E-state index in [-0.39, 0.29) is 11.9 Å². The van der Waals surface area contributed by atoms with Gasteiger partial charge in [0, 0.05) is 9.50 Å². The van der Waals surface area contributed by atoms with E-state index in [1.807, 2.05) is 33.0 Å². The molecule has 0 amide bonds. The maximum Gasteiger partial charge on any atom is 0.124 e. The predicted molar refractivity (Wildman–Crippen MR) is 85.9 cm³/mol. The van der Waals surface area contributed by atoms with E-state index < -0.39 is 0 Å². The van der Waals surface area contributed by atoms with Gasteiger partial charge in [-0.2, -0.15) is 0 Å². The Hall–Kier alpha value is -0.900. The summed E-state index contributed by atoms with van der Waals surface area (Å²) in [6, 6.07) is 8.86. The zero-order valence-electron chi connectivity index (χ0n) is 11.6. The van der Waals surface area contributed by atoms with Gasteiger partial charge in [-0.1, -0.05) is 33.6 Å². The van der Waals surface area contributed by atoms with Crippen LogP contribution >= 0.6 is 27.5 Å². The molecule has 2 aromatic rings. The molecule has 0 aliphatic heterocycles. The Balaban J connectivity index is 2.55. The van der Waals surface area contributed by atoms with E-state index in [0.29, 0.717) is 0 Å². The van der Waals surface area contributed by atoms with Crippen molar-refractivity contribution in [3.63, 3.8) is 0 Å². The third-order valence-corrected chi connectivity index (χ3v) is 4.23. The van der Waals surface area contributed by atoms with Gasteiger partial charge in [-0.05, 0) is 67.4 Å². The molecular weight excluding hydrogens is 341 g/mol. The first-order valence-corrected chi connectivity index (χ1v) is 7.49. The van der Waals surface area contributed by atoms with Crippen molar-refractivity contribution in [1.82, 2.24) is 5.32 Å². The number of nitrogens with one attached hydrogen (secondary N) is 1. The van der Waals surface area contributed by atoms with Crippen molar-refractivity contribution in [1.29, 1.82) is 0 Å². The monoisotopic (exact) mass is 355 g/mol. The number of aryl methyl sites for hydroxylation is 2. The Morgan fingerprint density at radius 3 is 2.40 bits per heavy atom. The Kier molecular flexibility index (Phi) is 4.84. The molecule has 2 rings (SSSR count). The Morgan fingerprint density at radius 2 is 1.80 bits per heavy atom. The van der Waals surface area contributed by atoms with Gasteiger partial charge in [-0.3, -0.25) is 0 Å². The molecule has 0 radical (unpaired) electrons. The second kappa shape index (κ2) is 6.25. The van der Waals surface area contributed by atoms with Gasteiger partial charge in [0.25, 0.3) is 0 Å². The van der Waals surface area contributed by atoms with Crippen molar-refractivity contribution in [2.24, 2.45) is 0 Å². The van der Waals surface area contributed by atoms with Crippen LogP contribution in [-0.4, -0.2) is 7.05 Å². The zero-order valence-corrected chi connectivity index (χ0v) is 13.9. The minimum atomic E-state index is -0.252. The van der Waals surface area contributed by atoms with Crippen molar-refractivity contribution in [3.05, 3.63) is 67.9 Å². The van der Waals surface area contributed by atoms with Crippen LogP contribution in [0.15, 0.2) is 34.8 Å². The van der Waals surface area contributed by atoms with E-state index in [0.717, 1.165) is 31.7 Å². The van der Waals surface area contributed by atoms with Crippen LogP contribution in [0.1, 0.15) is 28.3 Å². The van der Waals surface area contributed by atoms with Gasteiger partial charge in [0.05, 0.1) is 6.04 Å². The van der Waals surface area contributed by atoms with Gasteiger partial charge in [0.15, 0.2) is 0 Å². The molecule has 1 atom stereocenters. The first-order valence-electron chi connectivity index (χ1n) is 6.32. The minimum absolute atomic E-state index is 0.0713. The summed E-state index contributed by atoms with van der Waals surface area (Å²) < 4.78 is 14.3. The second-order valence-electron chi connectivity index (χ2n) is 4.88. The Bertz CT molecular complexity index is 622. The molecule has 0 bridgehead atoms. The molecule has 0 heterocycles. The molecule has 0 saturated carbocycles. The highest BCUT2D eigenvalue weighted by atomic mass is 79.9. The summed E-state index contributed by atoms with van der Waals surface area (Å²) in [5.41, 5.74) is 4.08. The molecule has 0 saturated heterocycles. The predicted octanol–water partition coefficient (Wildman–Crippen LogP) is 5.17. The molecule has 1 N–H and O–H groups in total. The summed E-state index contributed by atoms with van der Waals surface area (Å²) in [5, 5.41) is 4.00. The molecule has 4 heteroatoms. The van der Waals surface area contributed by atoms with E-state index in [2.05, 4.69) is 27.3 Å². The third kappa shape index (κ3) is 3.22.